The van der Waals surface area contributed by atoms with Gasteiger partial charge in [-0.05, 0) is 57.5 Å². The maximum absolute atomic E-state index is 13.9. The van der Waals surface area contributed by atoms with Crippen molar-refractivity contribution in [1.29, 1.82) is 0 Å². The standard InChI is InChI=1S/C24H26O6S2/c1-5-29-22-21-17(4)20(32(27,28)19-12-8-16(3)9-13-19)14-24(21,23(25)30-22)31(26)18-10-6-15(2)7-11-18/h6-13,21-22H,5,14H2,1-4H3/t21-,22+,24+,31?/m1/s1. The van der Waals surface area contributed by atoms with Gasteiger partial charge in [0.2, 0.25) is 16.1 Å². The van der Waals surface area contributed by atoms with E-state index in [1.165, 1.54) is 0 Å². The number of rotatable bonds is 6. The zero-order valence-electron chi connectivity index (χ0n) is 18.5. The summed E-state index contributed by atoms with van der Waals surface area (Å²) >= 11 is 0. The molecule has 4 rings (SSSR count). The van der Waals surface area contributed by atoms with E-state index in [0.29, 0.717) is 10.5 Å². The molecule has 1 fully saturated rings. The molecule has 4 atom stereocenters. The molecule has 0 N–H and O–H groups in total. The predicted octanol–water partition coefficient (Wildman–Crippen LogP) is 3.84. The molecule has 1 aliphatic carbocycles. The van der Waals surface area contributed by atoms with Gasteiger partial charge in [0.1, 0.15) is 0 Å². The number of cyclic esters (lactones) is 1. The van der Waals surface area contributed by atoms with E-state index in [9.17, 15) is 17.4 Å². The van der Waals surface area contributed by atoms with Crippen LogP contribution in [0.15, 0.2) is 68.8 Å². The number of esters is 1. The van der Waals surface area contributed by atoms with Crippen LogP contribution in [-0.2, 0) is 34.9 Å². The molecule has 2 aromatic carbocycles. The van der Waals surface area contributed by atoms with Crippen LogP contribution in [0.1, 0.15) is 31.4 Å². The number of sulfone groups is 1. The largest absolute Gasteiger partial charge is 0.434 e. The first-order valence-corrected chi connectivity index (χ1v) is 13.1. The van der Waals surface area contributed by atoms with Gasteiger partial charge in [-0.25, -0.2) is 8.42 Å². The number of fused-ring (bicyclic) bond motifs is 1. The second-order valence-electron chi connectivity index (χ2n) is 8.28. The average Bonchev–Trinajstić information content (AvgIpc) is 3.22. The van der Waals surface area contributed by atoms with Crippen LogP contribution >= 0.6 is 0 Å². The molecule has 1 saturated heterocycles. The molecule has 32 heavy (non-hydrogen) atoms. The van der Waals surface area contributed by atoms with Gasteiger partial charge in [-0.15, -0.1) is 0 Å². The first-order chi connectivity index (χ1) is 15.1. The number of aryl methyl sites for hydroxylation is 2. The highest BCUT2D eigenvalue weighted by Crippen LogP contribution is 2.55. The molecule has 0 amide bonds. The molecule has 170 valence electrons. The fourth-order valence-electron chi connectivity index (χ4n) is 4.50. The fraction of sp³-hybridized carbons (Fsp3) is 0.375. The summed E-state index contributed by atoms with van der Waals surface area (Å²) in [5.41, 5.74) is 2.40. The summed E-state index contributed by atoms with van der Waals surface area (Å²) < 4.78 is 50.6. The zero-order chi connectivity index (χ0) is 23.3. The Labute approximate surface area is 191 Å². The highest BCUT2D eigenvalue weighted by atomic mass is 32.2. The number of allylic oxidation sites excluding steroid dienone is 1. The molecule has 0 aromatic heterocycles. The molecular formula is C24H26O6S2. The summed E-state index contributed by atoms with van der Waals surface area (Å²) in [6.07, 6.45) is -1.17. The Bertz CT molecular complexity index is 1210. The van der Waals surface area contributed by atoms with Crippen LogP contribution in [0.3, 0.4) is 0 Å². The Morgan fingerprint density at radius 3 is 2.16 bits per heavy atom. The normalized spacial score (nSPS) is 26.2. The van der Waals surface area contributed by atoms with E-state index >= 15 is 0 Å². The Balaban J connectivity index is 1.85. The van der Waals surface area contributed by atoms with Crippen molar-refractivity contribution in [2.75, 3.05) is 6.61 Å². The molecule has 0 bridgehead atoms. The lowest BCUT2D eigenvalue weighted by Gasteiger charge is -2.26. The Hall–Kier alpha value is -2.29. The van der Waals surface area contributed by atoms with Crippen molar-refractivity contribution in [3.8, 4) is 0 Å². The molecule has 0 radical (unpaired) electrons. The summed E-state index contributed by atoms with van der Waals surface area (Å²) in [4.78, 5) is 13.9. The lowest BCUT2D eigenvalue weighted by Crippen LogP contribution is -2.44. The van der Waals surface area contributed by atoms with Gasteiger partial charge < -0.3 is 9.47 Å². The van der Waals surface area contributed by atoms with Crippen molar-refractivity contribution in [2.24, 2.45) is 5.92 Å². The molecule has 1 heterocycles. The lowest BCUT2D eigenvalue weighted by molar-refractivity contribution is -0.165. The summed E-state index contributed by atoms with van der Waals surface area (Å²) in [7, 11) is -5.73. The van der Waals surface area contributed by atoms with E-state index in [4.69, 9.17) is 9.47 Å². The fourth-order valence-corrected chi connectivity index (χ4v) is 8.13. The summed E-state index contributed by atoms with van der Waals surface area (Å²) in [5, 5.41) is 0. The Morgan fingerprint density at radius 2 is 1.59 bits per heavy atom. The molecule has 2 aliphatic rings. The van der Waals surface area contributed by atoms with E-state index in [2.05, 4.69) is 0 Å². The quantitative estimate of drug-likeness (QED) is 0.592. The molecule has 1 aliphatic heterocycles. The van der Waals surface area contributed by atoms with Crippen LogP contribution in [0.5, 0.6) is 0 Å². The summed E-state index contributed by atoms with van der Waals surface area (Å²) in [6.45, 7) is 7.51. The number of hydrogen-bond acceptors (Lipinski definition) is 6. The minimum Gasteiger partial charge on any atom is -0.434 e. The summed E-state index contributed by atoms with van der Waals surface area (Å²) in [6, 6.07) is 13.6. The van der Waals surface area contributed by atoms with Gasteiger partial charge >= 0.3 is 5.97 Å². The maximum atomic E-state index is 13.9. The Morgan fingerprint density at radius 1 is 1.03 bits per heavy atom. The van der Waals surface area contributed by atoms with Crippen molar-refractivity contribution >= 4 is 26.6 Å². The van der Waals surface area contributed by atoms with Gasteiger partial charge in [0.25, 0.3) is 0 Å². The summed E-state index contributed by atoms with van der Waals surface area (Å²) in [5.74, 6) is -1.44. The second-order valence-corrected chi connectivity index (χ2v) is 12.0. The maximum Gasteiger partial charge on any atom is 0.328 e. The molecule has 8 heteroatoms. The number of hydrogen-bond donors (Lipinski definition) is 0. The van der Waals surface area contributed by atoms with Crippen LogP contribution in [-0.4, -0.2) is 36.2 Å². The predicted molar refractivity (Wildman–Crippen MR) is 121 cm³/mol. The van der Waals surface area contributed by atoms with Crippen molar-refractivity contribution < 1.29 is 26.9 Å². The topological polar surface area (TPSA) is 86.7 Å². The molecular weight excluding hydrogens is 448 g/mol. The third kappa shape index (κ3) is 3.45. The van der Waals surface area contributed by atoms with Crippen molar-refractivity contribution in [1.82, 2.24) is 0 Å². The van der Waals surface area contributed by atoms with Crippen LogP contribution in [0.25, 0.3) is 0 Å². The third-order valence-corrected chi connectivity index (χ3v) is 10.2. The van der Waals surface area contributed by atoms with Crippen molar-refractivity contribution in [3.05, 3.63) is 70.1 Å². The van der Waals surface area contributed by atoms with Gasteiger partial charge in [-0.1, -0.05) is 35.4 Å². The molecule has 1 unspecified atom stereocenters. The Kier molecular flexibility index (Phi) is 5.90. The van der Waals surface area contributed by atoms with E-state index in [1.54, 1.807) is 50.2 Å². The van der Waals surface area contributed by atoms with Crippen molar-refractivity contribution in [3.63, 3.8) is 0 Å². The highest BCUT2D eigenvalue weighted by molar-refractivity contribution is 7.95. The van der Waals surface area contributed by atoms with Crippen LogP contribution < -0.4 is 0 Å². The minimum atomic E-state index is -3.89. The lowest BCUT2D eigenvalue weighted by atomic mass is 9.92. The van der Waals surface area contributed by atoms with Gasteiger partial charge in [0, 0.05) is 17.9 Å². The zero-order valence-corrected chi connectivity index (χ0v) is 20.1. The first kappa shape index (κ1) is 22.9. The smallest absolute Gasteiger partial charge is 0.328 e. The number of benzene rings is 2. The van der Waals surface area contributed by atoms with Gasteiger partial charge in [-0.3, -0.25) is 9.00 Å². The number of carbonyl (C=O) groups excluding carboxylic acids is 1. The molecule has 0 saturated carbocycles. The van der Waals surface area contributed by atoms with Gasteiger partial charge in [0.05, 0.1) is 26.5 Å². The van der Waals surface area contributed by atoms with E-state index in [0.717, 1.165) is 11.1 Å². The van der Waals surface area contributed by atoms with Crippen LogP contribution in [0.4, 0.5) is 0 Å². The monoisotopic (exact) mass is 474 g/mol. The van der Waals surface area contributed by atoms with Crippen LogP contribution in [0, 0.1) is 19.8 Å². The van der Waals surface area contributed by atoms with E-state index in [-0.39, 0.29) is 22.8 Å². The second kappa shape index (κ2) is 8.24. The molecule has 0 spiro atoms. The van der Waals surface area contributed by atoms with E-state index in [1.807, 2.05) is 26.0 Å². The first-order valence-electron chi connectivity index (χ1n) is 10.5. The number of carbonyl (C=O) groups is 1. The molecule has 2 aromatic rings. The highest BCUT2D eigenvalue weighted by Gasteiger charge is 2.67. The van der Waals surface area contributed by atoms with Crippen LogP contribution in [0.2, 0.25) is 0 Å². The molecule has 6 nitrogen and oxygen atoms in total. The van der Waals surface area contributed by atoms with Gasteiger partial charge in [0.15, 0.2) is 4.75 Å². The van der Waals surface area contributed by atoms with Crippen molar-refractivity contribution in [2.45, 2.75) is 54.9 Å². The third-order valence-electron chi connectivity index (χ3n) is 6.23. The van der Waals surface area contributed by atoms with Gasteiger partial charge in [-0.2, -0.15) is 0 Å². The average molecular weight is 475 g/mol. The SMILES string of the molecule is CCO[C@H]1OC(=O)[C@]2(S(=O)c3ccc(C)cc3)CC(S(=O)(=O)c3ccc(C)cc3)=C(C)[C@H]12. The van der Waals surface area contributed by atoms with E-state index < -0.39 is 43.6 Å². The minimum absolute atomic E-state index is 0.119. The number of ether oxygens (including phenoxy) is 2.